The molecule has 0 saturated carbocycles. The van der Waals surface area contributed by atoms with E-state index in [1.807, 2.05) is 26.0 Å². The second-order valence-electron chi connectivity index (χ2n) is 5.83. The molecule has 0 aliphatic rings. The standard InChI is InChI=1S/C18H22N2O4S/c1-13-5-10-17(14(2)11-13)19-18(21)12-20(25(4,22)23)15-6-8-16(24-3)9-7-15/h5-11H,12H2,1-4H3,(H,19,21). The molecule has 6 nitrogen and oxygen atoms in total. The number of hydrogen-bond donors (Lipinski definition) is 1. The van der Waals surface area contributed by atoms with Crippen molar-refractivity contribution in [1.82, 2.24) is 0 Å². The minimum Gasteiger partial charge on any atom is -0.497 e. The van der Waals surface area contributed by atoms with Gasteiger partial charge in [0.25, 0.3) is 0 Å². The van der Waals surface area contributed by atoms with Gasteiger partial charge in [-0.15, -0.1) is 0 Å². The van der Waals surface area contributed by atoms with E-state index >= 15 is 0 Å². The third-order valence-electron chi connectivity index (χ3n) is 3.70. The van der Waals surface area contributed by atoms with Crippen LogP contribution in [-0.2, 0) is 14.8 Å². The lowest BCUT2D eigenvalue weighted by Crippen LogP contribution is -2.37. The Balaban J connectivity index is 2.20. The Bertz CT molecular complexity index is 861. The molecule has 0 radical (unpaired) electrons. The van der Waals surface area contributed by atoms with Crippen LogP contribution in [0.1, 0.15) is 11.1 Å². The predicted octanol–water partition coefficient (Wildman–Crippen LogP) is 2.72. The lowest BCUT2D eigenvalue weighted by molar-refractivity contribution is -0.114. The number of amides is 1. The molecule has 0 aromatic heterocycles. The second-order valence-corrected chi connectivity index (χ2v) is 7.74. The van der Waals surface area contributed by atoms with Gasteiger partial charge in [0.15, 0.2) is 0 Å². The molecule has 25 heavy (non-hydrogen) atoms. The average Bonchev–Trinajstić information content (AvgIpc) is 2.54. The van der Waals surface area contributed by atoms with Crippen LogP contribution in [0.3, 0.4) is 0 Å². The van der Waals surface area contributed by atoms with Crippen molar-refractivity contribution in [2.75, 3.05) is 29.5 Å². The number of nitrogens with zero attached hydrogens (tertiary/aromatic N) is 1. The number of methoxy groups -OCH3 is 1. The van der Waals surface area contributed by atoms with E-state index in [1.54, 1.807) is 30.3 Å². The summed E-state index contributed by atoms with van der Waals surface area (Å²) in [4.78, 5) is 12.4. The van der Waals surface area contributed by atoms with Crippen LogP contribution in [0.4, 0.5) is 11.4 Å². The summed E-state index contributed by atoms with van der Waals surface area (Å²) in [5.41, 5.74) is 3.08. The number of anilines is 2. The summed E-state index contributed by atoms with van der Waals surface area (Å²) >= 11 is 0. The van der Waals surface area contributed by atoms with Crippen molar-refractivity contribution < 1.29 is 17.9 Å². The number of carbonyl (C=O) groups excluding carboxylic acids is 1. The molecule has 2 rings (SSSR count). The summed E-state index contributed by atoms with van der Waals surface area (Å²) in [5.74, 6) is 0.199. The van der Waals surface area contributed by atoms with Gasteiger partial charge in [-0.3, -0.25) is 9.10 Å². The van der Waals surface area contributed by atoms with Crippen molar-refractivity contribution >= 4 is 27.3 Å². The highest BCUT2D eigenvalue weighted by molar-refractivity contribution is 7.92. The van der Waals surface area contributed by atoms with E-state index in [0.717, 1.165) is 21.7 Å². The number of rotatable bonds is 6. The first-order chi connectivity index (χ1) is 11.7. The Labute approximate surface area is 148 Å². The molecule has 2 aromatic rings. The fraction of sp³-hybridized carbons (Fsp3) is 0.278. The van der Waals surface area contributed by atoms with E-state index in [4.69, 9.17) is 4.74 Å². The van der Waals surface area contributed by atoms with Gasteiger partial charge in [0.1, 0.15) is 12.3 Å². The lowest BCUT2D eigenvalue weighted by atomic mass is 10.1. The Hall–Kier alpha value is -2.54. The molecule has 7 heteroatoms. The van der Waals surface area contributed by atoms with Gasteiger partial charge in [-0.1, -0.05) is 17.7 Å². The van der Waals surface area contributed by atoms with Gasteiger partial charge in [-0.2, -0.15) is 0 Å². The second kappa shape index (κ2) is 7.57. The molecular formula is C18H22N2O4S. The fourth-order valence-electron chi connectivity index (χ4n) is 2.42. The molecule has 0 unspecified atom stereocenters. The molecule has 1 N–H and O–H groups in total. The number of ether oxygens (including phenoxy) is 1. The zero-order valence-electron chi connectivity index (χ0n) is 14.7. The summed E-state index contributed by atoms with van der Waals surface area (Å²) in [6, 6.07) is 12.1. The largest absolute Gasteiger partial charge is 0.497 e. The van der Waals surface area contributed by atoms with Gasteiger partial charge in [0, 0.05) is 5.69 Å². The van der Waals surface area contributed by atoms with E-state index in [2.05, 4.69) is 5.32 Å². The van der Waals surface area contributed by atoms with Gasteiger partial charge >= 0.3 is 0 Å². The van der Waals surface area contributed by atoms with E-state index in [-0.39, 0.29) is 6.54 Å². The summed E-state index contributed by atoms with van der Waals surface area (Å²) in [6.07, 6.45) is 1.07. The maximum atomic E-state index is 12.4. The van der Waals surface area contributed by atoms with Crippen molar-refractivity contribution in [3.05, 3.63) is 53.6 Å². The number of nitrogens with one attached hydrogen (secondary N) is 1. The third-order valence-corrected chi connectivity index (χ3v) is 4.84. The quantitative estimate of drug-likeness (QED) is 0.857. The van der Waals surface area contributed by atoms with Crippen LogP contribution < -0.4 is 14.4 Å². The zero-order chi connectivity index (χ0) is 18.6. The summed E-state index contributed by atoms with van der Waals surface area (Å²) in [5, 5.41) is 2.76. The maximum Gasteiger partial charge on any atom is 0.245 e. The molecule has 0 aliphatic carbocycles. The van der Waals surface area contributed by atoms with Crippen molar-refractivity contribution in [1.29, 1.82) is 0 Å². The Morgan fingerprint density at radius 1 is 1.12 bits per heavy atom. The number of benzene rings is 2. The first-order valence-electron chi connectivity index (χ1n) is 7.69. The van der Waals surface area contributed by atoms with Gasteiger partial charge in [0.2, 0.25) is 15.9 Å². The SMILES string of the molecule is COc1ccc(N(CC(=O)Nc2ccc(C)cc2C)S(C)(=O)=O)cc1. The highest BCUT2D eigenvalue weighted by Crippen LogP contribution is 2.22. The van der Waals surface area contributed by atoms with Crippen LogP contribution in [-0.4, -0.2) is 34.2 Å². The number of aryl methyl sites for hydroxylation is 2. The smallest absolute Gasteiger partial charge is 0.245 e. The lowest BCUT2D eigenvalue weighted by Gasteiger charge is -2.22. The summed E-state index contributed by atoms with van der Waals surface area (Å²) in [6.45, 7) is 3.55. The molecule has 0 bridgehead atoms. The minimum atomic E-state index is -3.61. The van der Waals surface area contributed by atoms with Crippen LogP contribution >= 0.6 is 0 Å². The molecule has 134 valence electrons. The van der Waals surface area contributed by atoms with E-state index in [1.165, 1.54) is 7.11 Å². The van der Waals surface area contributed by atoms with Gasteiger partial charge in [0.05, 0.1) is 19.1 Å². The highest BCUT2D eigenvalue weighted by atomic mass is 32.2. The maximum absolute atomic E-state index is 12.4. The van der Waals surface area contributed by atoms with Crippen molar-refractivity contribution in [2.24, 2.45) is 0 Å². The van der Waals surface area contributed by atoms with E-state index < -0.39 is 15.9 Å². The third kappa shape index (κ3) is 4.96. The molecule has 0 heterocycles. The zero-order valence-corrected chi connectivity index (χ0v) is 15.6. The molecule has 0 fully saturated rings. The topological polar surface area (TPSA) is 75.7 Å². The molecule has 0 atom stereocenters. The Morgan fingerprint density at radius 3 is 2.28 bits per heavy atom. The Kier molecular flexibility index (Phi) is 5.69. The summed E-state index contributed by atoms with van der Waals surface area (Å²) in [7, 11) is -2.08. The van der Waals surface area contributed by atoms with Crippen molar-refractivity contribution in [3.63, 3.8) is 0 Å². The number of carbonyl (C=O) groups is 1. The van der Waals surface area contributed by atoms with Crippen LogP contribution in [0, 0.1) is 13.8 Å². The van der Waals surface area contributed by atoms with E-state index in [9.17, 15) is 13.2 Å². The van der Waals surface area contributed by atoms with E-state index in [0.29, 0.717) is 17.1 Å². The van der Waals surface area contributed by atoms with Crippen LogP contribution in [0.15, 0.2) is 42.5 Å². The molecule has 2 aromatic carbocycles. The Morgan fingerprint density at radius 2 is 1.76 bits per heavy atom. The first-order valence-corrected chi connectivity index (χ1v) is 9.54. The molecule has 1 amide bonds. The average molecular weight is 362 g/mol. The molecule has 0 saturated heterocycles. The number of hydrogen-bond acceptors (Lipinski definition) is 4. The van der Waals surface area contributed by atoms with Gasteiger partial charge < -0.3 is 10.1 Å². The molecular weight excluding hydrogens is 340 g/mol. The fourth-order valence-corrected chi connectivity index (χ4v) is 3.28. The first kappa shape index (κ1) is 18.8. The predicted molar refractivity (Wildman–Crippen MR) is 99.7 cm³/mol. The number of sulfonamides is 1. The van der Waals surface area contributed by atoms with Gasteiger partial charge in [-0.25, -0.2) is 8.42 Å². The molecule has 0 spiro atoms. The van der Waals surface area contributed by atoms with Crippen molar-refractivity contribution in [2.45, 2.75) is 13.8 Å². The minimum absolute atomic E-state index is 0.307. The van der Waals surface area contributed by atoms with Crippen LogP contribution in [0.2, 0.25) is 0 Å². The normalized spacial score (nSPS) is 11.0. The van der Waals surface area contributed by atoms with Crippen molar-refractivity contribution in [3.8, 4) is 5.75 Å². The molecule has 0 aliphatic heterocycles. The van der Waals surface area contributed by atoms with Crippen LogP contribution in [0.5, 0.6) is 5.75 Å². The summed E-state index contributed by atoms with van der Waals surface area (Å²) < 4.78 is 30.3. The van der Waals surface area contributed by atoms with Crippen LogP contribution in [0.25, 0.3) is 0 Å². The monoisotopic (exact) mass is 362 g/mol. The van der Waals surface area contributed by atoms with Gasteiger partial charge in [-0.05, 0) is 49.7 Å². The highest BCUT2D eigenvalue weighted by Gasteiger charge is 2.21.